The monoisotopic (exact) mass is 276 g/mol. The Hall–Kier alpha value is -2.35. The highest BCUT2D eigenvalue weighted by molar-refractivity contribution is 6.07. The maximum absolute atomic E-state index is 11.4. The van der Waals surface area contributed by atoms with Gasteiger partial charge in [0.1, 0.15) is 5.60 Å². The predicted molar refractivity (Wildman–Crippen MR) is 84.1 cm³/mol. The van der Waals surface area contributed by atoms with E-state index in [1.54, 1.807) is 0 Å². The molecule has 3 aromatic carbocycles. The summed E-state index contributed by atoms with van der Waals surface area (Å²) in [4.78, 5) is 11.4. The molecule has 0 aromatic heterocycles. The summed E-state index contributed by atoms with van der Waals surface area (Å²) in [6.07, 6.45) is 1.26. The van der Waals surface area contributed by atoms with E-state index in [-0.39, 0.29) is 5.97 Å². The number of esters is 1. The second-order valence-corrected chi connectivity index (χ2v) is 5.93. The molecule has 0 spiro atoms. The number of rotatable bonds is 1. The number of fused-ring (bicyclic) bond motifs is 3. The van der Waals surface area contributed by atoms with Crippen molar-refractivity contribution in [1.29, 1.82) is 0 Å². The number of hydrogen-bond donors (Lipinski definition) is 0. The van der Waals surface area contributed by atoms with E-state index in [1.807, 2.05) is 6.92 Å². The molecule has 1 unspecified atom stereocenters. The van der Waals surface area contributed by atoms with Gasteiger partial charge in [-0.15, -0.1) is 0 Å². The summed E-state index contributed by atoms with van der Waals surface area (Å²) < 4.78 is 5.53. The van der Waals surface area contributed by atoms with Crippen LogP contribution >= 0.6 is 0 Å². The van der Waals surface area contributed by atoms with Crippen LogP contribution in [-0.4, -0.2) is 5.97 Å². The standard InChI is InChI=1S/C19H16O2/c1-19(11-10-18(20)21-19)15-8-9-17-14(12-15)7-6-13-4-2-3-5-16(13)17/h2-9,12H,10-11H2,1H3. The molecule has 0 amide bonds. The first-order valence-corrected chi connectivity index (χ1v) is 7.30. The highest BCUT2D eigenvalue weighted by Crippen LogP contribution is 2.38. The minimum absolute atomic E-state index is 0.101. The molecular weight excluding hydrogens is 260 g/mol. The Bertz CT molecular complexity index is 866. The lowest BCUT2D eigenvalue weighted by atomic mass is 9.90. The third-order valence-corrected chi connectivity index (χ3v) is 4.50. The molecule has 0 aliphatic carbocycles. The number of carbonyl (C=O) groups excluding carboxylic acids is 1. The van der Waals surface area contributed by atoms with E-state index < -0.39 is 5.60 Å². The van der Waals surface area contributed by atoms with Crippen LogP contribution in [0.2, 0.25) is 0 Å². The maximum atomic E-state index is 11.4. The Morgan fingerprint density at radius 3 is 2.52 bits per heavy atom. The van der Waals surface area contributed by atoms with E-state index in [0.29, 0.717) is 6.42 Å². The third-order valence-electron chi connectivity index (χ3n) is 4.50. The van der Waals surface area contributed by atoms with Gasteiger partial charge in [0.15, 0.2) is 0 Å². The van der Waals surface area contributed by atoms with E-state index in [4.69, 9.17) is 4.74 Å². The molecule has 2 heteroatoms. The quantitative estimate of drug-likeness (QED) is 0.481. The third kappa shape index (κ3) is 1.90. The maximum Gasteiger partial charge on any atom is 0.306 e. The van der Waals surface area contributed by atoms with Gasteiger partial charge in [0, 0.05) is 12.8 Å². The lowest BCUT2D eigenvalue weighted by Gasteiger charge is -2.23. The molecule has 1 aliphatic heterocycles. The molecule has 1 saturated heterocycles. The van der Waals surface area contributed by atoms with Crippen LogP contribution in [0.15, 0.2) is 54.6 Å². The number of ether oxygens (including phenoxy) is 1. The molecular formula is C19H16O2. The number of hydrogen-bond acceptors (Lipinski definition) is 2. The van der Waals surface area contributed by atoms with Gasteiger partial charge in [-0.05, 0) is 40.1 Å². The van der Waals surface area contributed by atoms with Crippen LogP contribution < -0.4 is 0 Å². The lowest BCUT2D eigenvalue weighted by molar-refractivity contribution is -0.147. The van der Waals surface area contributed by atoms with Gasteiger partial charge in [0.25, 0.3) is 0 Å². The molecule has 1 heterocycles. The fourth-order valence-electron chi connectivity index (χ4n) is 3.24. The zero-order chi connectivity index (χ0) is 14.4. The molecule has 1 atom stereocenters. The topological polar surface area (TPSA) is 26.3 Å². The van der Waals surface area contributed by atoms with Gasteiger partial charge in [-0.25, -0.2) is 0 Å². The molecule has 0 bridgehead atoms. The average molecular weight is 276 g/mol. The Labute approximate surface area is 123 Å². The van der Waals surface area contributed by atoms with Crippen molar-refractivity contribution in [1.82, 2.24) is 0 Å². The average Bonchev–Trinajstić information content (AvgIpc) is 2.87. The second kappa shape index (κ2) is 4.32. The first kappa shape index (κ1) is 12.4. The molecule has 4 rings (SSSR count). The van der Waals surface area contributed by atoms with Crippen molar-refractivity contribution in [3.8, 4) is 0 Å². The van der Waals surface area contributed by atoms with Gasteiger partial charge in [-0.1, -0.05) is 48.5 Å². The Morgan fingerprint density at radius 1 is 0.952 bits per heavy atom. The molecule has 2 nitrogen and oxygen atoms in total. The summed E-state index contributed by atoms with van der Waals surface area (Å²) in [7, 11) is 0. The molecule has 0 saturated carbocycles. The van der Waals surface area contributed by atoms with Crippen molar-refractivity contribution >= 4 is 27.5 Å². The van der Waals surface area contributed by atoms with Gasteiger partial charge in [0.2, 0.25) is 0 Å². The molecule has 1 aliphatic rings. The molecule has 0 radical (unpaired) electrons. The lowest BCUT2D eigenvalue weighted by Crippen LogP contribution is -2.20. The minimum atomic E-state index is -0.475. The van der Waals surface area contributed by atoms with Gasteiger partial charge in [-0.3, -0.25) is 4.79 Å². The SMILES string of the molecule is CC1(c2ccc3c(ccc4ccccc43)c2)CCC(=O)O1. The summed E-state index contributed by atoms with van der Waals surface area (Å²) in [5.74, 6) is -0.101. The minimum Gasteiger partial charge on any atom is -0.454 e. The number of cyclic esters (lactones) is 1. The van der Waals surface area contributed by atoms with E-state index in [9.17, 15) is 4.79 Å². The summed E-state index contributed by atoms with van der Waals surface area (Å²) in [5, 5.41) is 4.94. The van der Waals surface area contributed by atoms with E-state index in [0.717, 1.165) is 12.0 Å². The van der Waals surface area contributed by atoms with Crippen LogP contribution in [0.5, 0.6) is 0 Å². The van der Waals surface area contributed by atoms with Crippen molar-refractivity contribution in [2.45, 2.75) is 25.4 Å². The Kier molecular flexibility index (Phi) is 2.55. The molecule has 1 fully saturated rings. The zero-order valence-electron chi connectivity index (χ0n) is 11.9. The van der Waals surface area contributed by atoms with Crippen molar-refractivity contribution in [3.63, 3.8) is 0 Å². The number of benzene rings is 3. The van der Waals surface area contributed by atoms with Crippen molar-refractivity contribution in [2.24, 2.45) is 0 Å². The number of carbonyl (C=O) groups is 1. The summed E-state index contributed by atoms with van der Waals surface area (Å²) >= 11 is 0. The van der Waals surface area contributed by atoms with E-state index >= 15 is 0 Å². The van der Waals surface area contributed by atoms with Gasteiger partial charge in [-0.2, -0.15) is 0 Å². The van der Waals surface area contributed by atoms with Crippen LogP contribution in [0.25, 0.3) is 21.5 Å². The molecule has 104 valence electrons. The Morgan fingerprint density at radius 2 is 1.71 bits per heavy atom. The molecule has 3 aromatic rings. The second-order valence-electron chi connectivity index (χ2n) is 5.93. The smallest absolute Gasteiger partial charge is 0.306 e. The summed E-state index contributed by atoms with van der Waals surface area (Å²) in [6, 6.07) is 19.1. The largest absolute Gasteiger partial charge is 0.454 e. The molecule has 21 heavy (non-hydrogen) atoms. The fourth-order valence-corrected chi connectivity index (χ4v) is 3.24. The normalized spacial score (nSPS) is 21.9. The summed E-state index contributed by atoms with van der Waals surface area (Å²) in [5.41, 5.74) is 0.604. The predicted octanol–water partition coefficient (Wildman–Crippen LogP) is 4.55. The first-order valence-electron chi connectivity index (χ1n) is 7.30. The van der Waals surface area contributed by atoms with Crippen LogP contribution in [0, 0.1) is 0 Å². The van der Waals surface area contributed by atoms with Crippen molar-refractivity contribution in [3.05, 3.63) is 60.2 Å². The summed E-state index contributed by atoms with van der Waals surface area (Å²) in [6.45, 7) is 2.00. The highest BCUT2D eigenvalue weighted by atomic mass is 16.6. The van der Waals surface area contributed by atoms with E-state index in [2.05, 4.69) is 54.6 Å². The van der Waals surface area contributed by atoms with E-state index in [1.165, 1.54) is 21.5 Å². The van der Waals surface area contributed by atoms with Gasteiger partial charge >= 0.3 is 5.97 Å². The zero-order valence-corrected chi connectivity index (χ0v) is 11.9. The van der Waals surface area contributed by atoms with Crippen LogP contribution in [-0.2, 0) is 15.1 Å². The highest BCUT2D eigenvalue weighted by Gasteiger charge is 2.37. The van der Waals surface area contributed by atoms with Crippen LogP contribution in [0.4, 0.5) is 0 Å². The van der Waals surface area contributed by atoms with Gasteiger partial charge < -0.3 is 4.74 Å². The Balaban J connectivity index is 1.91. The van der Waals surface area contributed by atoms with Gasteiger partial charge in [0.05, 0.1) is 0 Å². The van der Waals surface area contributed by atoms with Crippen LogP contribution in [0.3, 0.4) is 0 Å². The first-order chi connectivity index (χ1) is 10.2. The fraction of sp³-hybridized carbons (Fsp3) is 0.211. The van der Waals surface area contributed by atoms with Crippen molar-refractivity contribution in [2.75, 3.05) is 0 Å². The van der Waals surface area contributed by atoms with Crippen LogP contribution in [0.1, 0.15) is 25.3 Å². The van der Waals surface area contributed by atoms with Crippen molar-refractivity contribution < 1.29 is 9.53 Å². The molecule has 0 N–H and O–H groups in total.